The molecule has 0 aromatic heterocycles. The molecule has 0 bridgehead atoms. The van der Waals surface area contributed by atoms with Crippen molar-refractivity contribution in [3.63, 3.8) is 0 Å². The largest absolute Gasteiger partial charge is 0.507 e. The molecule has 1 aliphatic rings. The van der Waals surface area contributed by atoms with E-state index in [1.54, 1.807) is 17.0 Å². The van der Waals surface area contributed by atoms with Crippen LogP contribution in [-0.4, -0.2) is 44.4 Å². The lowest BCUT2D eigenvalue weighted by atomic mass is 10.1. The van der Waals surface area contributed by atoms with Gasteiger partial charge in [-0.25, -0.2) is 4.79 Å². The lowest BCUT2D eigenvalue weighted by Gasteiger charge is -2.30. The molecule has 0 unspecified atom stereocenters. The number of methoxy groups -OCH3 is 1. The second kappa shape index (κ2) is 7.68. The fourth-order valence-corrected chi connectivity index (χ4v) is 3.58. The van der Waals surface area contributed by atoms with Gasteiger partial charge in [-0.1, -0.05) is 18.2 Å². The van der Waals surface area contributed by atoms with E-state index in [4.69, 9.17) is 4.74 Å². The summed E-state index contributed by atoms with van der Waals surface area (Å²) >= 11 is 0. The summed E-state index contributed by atoms with van der Waals surface area (Å²) in [4.78, 5) is 14.8. The van der Waals surface area contributed by atoms with Crippen molar-refractivity contribution in [3.05, 3.63) is 59.2 Å². The highest BCUT2D eigenvalue weighted by Gasteiger charge is 2.25. The van der Waals surface area contributed by atoms with Crippen molar-refractivity contribution in [1.82, 2.24) is 0 Å². The van der Waals surface area contributed by atoms with E-state index < -0.39 is 5.97 Å². The number of carbonyl (C=O) groups is 1. The van der Waals surface area contributed by atoms with E-state index in [0.29, 0.717) is 0 Å². The molecule has 0 aliphatic carbocycles. The zero-order valence-electron chi connectivity index (χ0n) is 14.8. The molecular weight excluding hydrogens is 316 g/mol. The molecule has 0 atom stereocenters. The number of nitrogens with one attached hydrogen (secondary N) is 2. The molecule has 132 valence electrons. The average molecular weight is 342 g/mol. The van der Waals surface area contributed by atoms with E-state index >= 15 is 0 Å². The normalized spacial score (nSPS) is 20.2. The maximum absolute atomic E-state index is 11.7. The number of quaternary nitrogens is 2. The highest BCUT2D eigenvalue weighted by Crippen LogP contribution is 2.19. The van der Waals surface area contributed by atoms with E-state index in [0.717, 1.165) is 38.3 Å². The molecule has 2 aromatic carbocycles. The van der Waals surface area contributed by atoms with Crippen LogP contribution >= 0.6 is 0 Å². The Morgan fingerprint density at radius 3 is 2.52 bits per heavy atom. The second-order valence-electron chi connectivity index (χ2n) is 6.69. The van der Waals surface area contributed by atoms with Gasteiger partial charge in [0.1, 0.15) is 49.7 Å². The van der Waals surface area contributed by atoms with Crippen LogP contribution in [-0.2, 0) is 11.3 Å². The van der Waals surface area contributed by atoms with Gasteiger partial charge in [-0.15, -0.1) is 0 Å². The van der Waals surface area contributed by atoms with Gasteiger partial charge in [-0.2, -0.15) is 0 Å². The number of phenolic OH excluding ortho intramolecular Hbond substituents is 1. The van der Waals surface area contributed by atoms with Crippen LogP contribution in [0.25, 0.3) is 0 Å². The van der Waals surface area contributed by atoms with E-state index in [9.17, 15) is 9.90 Å². The van der Waals surface area contributed by atoms with E-state index in [1.165, 1.54) is 23.3 Å². The molecular formula is C20H26N2O3+2. The van der Waals surface area contributed by atoms with Crippen molar-refractivity contribution in [1.29, 1.82) is 0 Å². The van der Waals surface area contributed by atoms with E-state index in [-0.39, 0.29) is 11.3 Å². The summed E-state index contributed by atoms with van der Waals surface area (Å²) in [5.41, 5.74) is 4.04. The van der Waals surface area contributed by atoms with Crippen molar-refractivity contribution in [2.45, 2.75) is 13.5 Å². The number of hydrogen-bond donors (Lipinski definition) is 3. The van der Waals surface area contributed by atoms with Gasteiger partial charge in [0.05, 0.1) is 7.11 Å². The molecule has 0 spiro atoms. The number of aryl methyl sites for hydroxylation is 1. The minimum absolute atomic E-state index is 0.0283. The van der Waals surface area contributed by atoms with E-state index in [1.807, 2.05) is 6.07 Å². The number of para-hydroxylation sites is 1. The van der Waals surface area contributed by atoms with Gasteiger partial charge in [0.15, 0.2) is 0 Å². The highest BCUT2D eigenvalue weighted by atomic mass is 16.5. The molecule has 0 radical (unpaired) electrons. The number of piperazine rings is 1. The predicted molar refractivity (Wildman–Crippen MR) is 95.4 cm³/mol. The van der Waals surface area contributed by atoms with Crippen molar-refractivity contribution in [3.8, 4) is 5.75 Å². The van der Waals surface area contributed by atoms with Gasteiger partial charge >= 0.3 is 5.97 Å². The summed E-state index contributed by atoms with van der Waals surface area (Å²) in [6, 6.07) is 13.8. The topological polar surface area (TPSA) is 55.4 Å². The third-order valence-corrected chi connectivity index (χ3v) is 5.01. The Kier molecular flexibility index (Phi) is 5.36. The summed E-state index contributed by atoms with van der Waals surface area (Å²) in [6.07, 6.45) is 0. The quantitative estimate of drug-likeness (QED) is 0.691. The van der Waals surface area contributed by atoms with Crippen molar-refractivity contribution < 1.29 is 24.4 Å². The molecule has 0 saturated carbocycles. The van der Waals surface area contributed by atoms with Crippen LogP contribution in [0.4, 0.5) is 5.69 Å². The number of rotatable bonds is 4. The van der Waals surface area contributed by atoms with Gasteiger partial charge in [-0.3, -0.25) is 4.90 Å². The van der Waals surface area contributed by atoms with Gasteiger partial charge in [0.2, 0.25) is 0 Å². The van der Waals surface area contributed by atoms with Crippen molar-refractivity contribution in [2.24, 2.45) is 0 Å². The third kappa shape index (κ3) is 4.00. The summed E-state index contributed by atoms with van der Waals surface area (Å²) in [7, 11) is 1.33. The SMILES string of the molecule is COC(=O)c1cc(C[NH+]2CC[NH+](c3ccccc3C)CC2)ccc1O. The molecule has 5 heteroatoms. The Hall–Kier alpha value is -2.37. The summed E-state index contributed by atoms with van der Waals surface area (Å²) in [5.74, 6) is -0.525. The van der Waals surface area contributed by atoms with Crippen LogP contribution in [0.15, 0.2) is 42.5 Å². The Labute approximate surface area is 148 Å². The highest BCUT2D eigenvalue weighted by molar-refractivity contribution is 5.92. The minimum Gasteiger partial charge on any atom is -0.507 e. The Morgan fingerprint density at radius 2 is 1.84 bits per heavy atom. The lowest BCUT2D eigenvalue weighted by molar-refractivity contribution is -0.994. The minimum atomic E-state index is -0.497. The zero-order chi connectivity index (χ0) is 17.8. The maximum atomic E-state index is 11.7. The average Bonchev–Trinajstić information content (AvgIpc) is 2.64. The Morgan fingerprint density at radius 1 is 1.12 bits per heavy atom. The number of aromatic hydroxyl groups is 1. The number of phenols is 1. The van der Waals surface area contributed by atoms with Gasteiger partial charge < -0.3 is 14.7 Å². The van der Waals surface area contributed by atoms with Crippen LogP contribution in [0.3, 0.4) is 0 Å². The first-order valence-corrected chi connectivity index (χ1v) is 8.73. The van der Waals surface area contributed by atoms with Gasteiger partial charge in [0, 0.05) is 11.1 Å². The molecule has 3 rings (SSSR count). The van der Waals surface area contributed by atoms with Gasteiger partial charge in [0.25, 0.3) is 0 Å². The van der Waals surface area contributed by atoms with Crippen molar-refractivity contribution >= 4 is 11.7 Å². The second-order valence-corrected chi connectivity index (χ2v) is 6.69. The van der Waals surface area contributed by atoms with E-state index in [2.05, 4.69) is 31.2 Å². The zero-order valence-corrected chi connectivity index (χ0v) is 14.8. The molecule has 1 heterocycles. The summed E-state index contributed by atoms with van der Waals surface area (Å²) in [6.45, 7) is 7.39. The summed E-state index contributed by atoms with van der Waals surface area (Å²) < 4.78 is 4.73. The maximum Gasteiger partial charge on any atom is 0.341 e. The molecule has 1 aliphatic heterocycles. The number of carbonyl (C=O) groups excluding carboxylic acids is 1. The van der Waals surface area contributed by atoms with Crippen LogP contribution < -0.4 is 9.80 Å². The fraction of sp³-hybridized carbons (Fsp3) is 0.350. The standard InChI is InChI=1S/C20H24N2O3/c1-15-5-3-4-6-18(15)22-11-9-21(10-12-22)14-16-7-8-19(23)17(13-16)20(24)25-2/h3-8,13,23H,9-12,14H2,1-2H3/p+2. The summed E-state index contributed by atoms with van der Waals surface area (Å²) in [5, 5.41) is 9.82. The molecule has 1 fully saturated rings. The Bertz CT molecular complexity index is 752. The predicted octanol–water partition coefficient (Wildman–Crippen LogP) is 0.102. The molecule has 5 nitrogen and oxygen atoms in total. The Balaban J connectivity index is 1.63. The van der Waals surface area contributed by atoms with Crippen LogP contribution in [0.2, 0.25) is 0 Å². The molecule has 0 amide bonds. The smallest absolute Gasteiger partial charge is 0.341 e. The first kappa shape index (κ1) is 17.5. The lowest BCUT2D eigenvalue weighted by Crippen LogP contribution is -3.25. The fourth-order valence-electron chi connectivity index (χ4n) is 3.58. The third-order valence-electron chi connectivity index (χ3n) is 5.01. The number of ether oxygens (including phenoxy) is 1. The first-order valence-electron chi connectivity index (χ1n) is 8.73. The van der Waals surface area contributed by atoms with Crippen LogP contribution in [0.5, 0.6) is 5.75 Å². The van der Waals surface area contributed by atoms with Crippen LogP contribution in [0.1, 0.15) is 21.5 Å². The number of hydrogen-bond acceptors (Lipinski definition) is 3. The molecule has 2 aromatic rings. The molecule has 25 heavy (non-hydrogen) atoms. The number of esters is 1. The monoisotopic (exact) mass is 342 g/mol. The van der Waals surface area contributed by atoms with Crippen LogP contribution in [0, 0.1) is 6.92 Å². The molecule has 1 saturated heterocycles. The molecule has 3 N–H and O–H groups in total. The van der Waals surface area contributed by atoms with Gasteiger partial charge in [-0.05, 0) is 31.2 Å². The van der Waals surface area contributed by atoms with Crippen molar-refractivity contribution in [2.75, 3.05) is 33.3 Å². The number of benzene rings is 2. The first-order chi connectivity index (χ1) is 12.1.